The number of aryl methyl sites for hydroxylation is 1. The van der Waals surface area contributed by atoms with Gasteiger partial charge in [-0.05, 0) is 25.4 Å². The molecule has 0 radical (unpaired) electrons. The van der Waals surface area contributed by atoms with Gasteiger partial charge in [0.05, 0.1) is 5.69 Å². The number of hydrogen-bond donors (Lipinski definition) is 2. The van der Waals surface area contributed by atoms with E-state index in [2.05, 4.69) is 15.0 Å². The molecule has 1 aromatic heterocycles. The van der Waals surface area contributed by atoms with Gasteiger partial charge < -0.3 is 15.4 Å². The zero-order valence-electron chi connectivity index (χ0n) is 11.9. The van der Waals surface area contributed by atoms with Crippen LogP contribution in [0.2, 0.25) is 0 Å². The van der Waals surface area contributed by atoms with Gasteiger partial charge in [0.15, 0.2) is 6.10 Å². The lowest BCUT2D eigenvalue weighted by Crippen LogP contribution is -2.41. The predicted octanol–water partition coefficient (Wildman–Crippen LogP) is 0.590. The van der Waals surface area contributed by atoms with Crippen LogP contribution in [0.1, 0.15) is 23.0 Å². The molecule has 1 atom stereocenters. The third-order valence-electron chi connectivity index (χ3n) is 3.05. The van der Waals surface area contributed by atoms with E-state index in [0.717, 1.165) is 16.4 Å². The fourth-order valence-corrected chi connectivity index (χ4v) is 2.69. The Labute approximate surface area is 125 Å². The summed E-state index contributed by atoms with van der Waals surface area (Å²) in [7, 11) is 1.67. The summed E-state index contributed by atoms with van der Waals surface area (Å²) in [4.78, 5) is 36.7. The minimum absolute atomic E-state index is 0.278. The van der Waals surface area contributed by atoms with E-state index in [4.69, 9.17) is 4.74 Å². The molecular formula is C12H16N4O4S. The molecule has 0 saturated carbocycles. The van der Waals surface area contributed by atoms with Crippen LogP contribution in [0.25, 0.3) is 0 Å². The molecule has 1 aliphatic rings. The van der Waals surface area contributed by atoms with Crippen molar-refractivity contribution in [1.29, 1.82) is 0 Å². The van der Waals surface area contributed by atoms with Crippen molar-refractivity contribution in [1.82, 2.24) is 14.6 Å². The number of hydrogen-bond acceptors (Lipinski definition) is 7. The molecule has 1 saturated heterocycles. The summed E-state index contributed by atoms with van der Waals surface area (Å²) in [5, 5.41) is 5.96. The number of carbonyl (C=O) groups is 3. The van der Waals surface area contributed by atoms with Crippen LogP contribution in [0.4, 0.5) is 9.80 Å². The Bertz CT molecular complexity index is 586. The first-order chi connectivity index (χ1) is 9.95. The highest BCUT2D eigenvalue weighted by Crippen LogP contribution is 2.25. The van der Waals surface area contributed by atoms with Gasteiger partial charge >= 0.3 is 12.0 Å². The minimum atomic E-state index is -1.04. The first-order valence-corrected chi connectivity index (χ1v) is 7.17. The number of carbonyl (C=O) groups excluding carboxylic acids is 3. The highest BCUT2D eigenvalue weighted by Gasteiger charge is 2.32. The maximum atomic E-state index is 12.2. The largest absolute Gasteiger partial charge is 0.449 e. The van der Waals surface area contributed by atoms with Crippen LogP contribution in [0.3, 0.4) is 0 Å². The Hall–Kier alpha value is -2.16. The van der Waals surface area contributed by atoms with Gasteiger partial charge in [0.1, 0.15) is 10.6 Å². The van der Waals surface area contributed by atoms with Gasteiger partial charge in [0, 0.05) is 20.1 Å². The molecule has 1 aliphatic heterocycles. The molecule has 0 bridgehead atoms. The van der Waals surface area contributed by atoms with Crippen molar-refractivity contribution in [3.8, 4) is 0 Å². The number of anilines is 1. The van der Waals surface area contributed by atoms with Gasteiger partial charge in [0.25, 0.3) is 5.91 Å². The van der Waals surface area contributed by atoms with E-state index >= 15 is 0 Å². The number of esters is 1. The van der Waals surface area contributed by atoms with Crippen molar-refractivity contribution in [2.75, 3.05) is 25.5 Å². The Balaban J connectivity index is 2.06. The van der Waals surface area contributed by atoms with Crippen molar-refractivity contribution in [2.45, 2.75) is 20.0 Å². The monoisotopic (exact) mass is 312 g/mol. The minimum Gasteiger partial charge on any atom is -0.449 e. The molecule has 0 spiro atoms. The van der Waals surface area contributed by atoms with Gasteiger partial charge in [-0.15, -0.1) is 0 Å². The first kappa shape index (κ1) is 15.2. The summed E-state index contributed by atoms with van der Waals surface area (Å²) in [6.45, 7) is 3.82. The molecule has 0 aliphatic carbocycles. The zero-order chi connectivity index (χ0) is 15.6. The fourth-order valence-electron chi connectivity index (χ4n) is 1.95. The van der Waals surface area contributed by atoms with Crippen LogP contribution in [0, 0.1) is 6.92 Å². The Morgan fingerprint density at radius 2 is 2.24 bits per heavy atom. The Kier molecular flexibility index (Phi) is 4.41. The average Bonchev–Trinajstić information content (AvgIpc) is 3.03. The summed E-state index contributed by atoms with van der Waals surface area (Å²) >= 11 is 1.14. The summed E-state index contributed by atoms with van der Waals surface area (Å²) < 4.78 is 9.23. The van der Waals surface area contributed by atoms with E-state index < -0.39 is 24.0 Å². The zero-order valence-corrected chi connectivity index (χ0v) is 12.7. The van der Waals surface area contributed by atoms with Crippen LogP contribution in [0.15, 0.2) is 0 Å². The van der Waals surface area contributed by atoms with Crippen LogP contribution in [-0.4, -0.2) is 53.4 Å². The maximum Gasteiger partial charge on any atom is 0.343 e. The fraction of sp³-hybridized carbons (Fsp3) is 0.500. The number of imide groups is 1. The molecule has 21 heavy (non-hydrogen) atoms. The molecule has 0 aromatic carbocycles. The predicted molar refractivity (Wildman–Crippen MR) is 76.4 cm³/mol. The summed E-state index contributed by atoms with van der Waals surface area (Å²) in [5.74, 6) is -1.17. The van der Waals surface area contributed by atoms with Crippen molar-refractivity contribution >= 4 is 34.4 Å². The number of amides is 3. The summed E-state index contributed by atoms with van der Waals surface area (Å²) in [6, 6.07) is -0.466. The normalized spacial score (nSPS) is 15.6. The van der Waals surface area contributed by atoms with Crippen molar-refractivity contribution in [3.63, 3.8) is 0 Å². The second-order valence-corrected chi connectivity index (χ2v) is 5.26. The summed E-state index contributed by atoms with van der Waals surface area (Å²) in [5.41, 5.74) is 0.848. The lowest BCUT2D eigenvalue weighted by atomic mass is 10.2. The van der Waals surface area contributed by atoms with Crippen molar-refractivity contribution in [2.24, 2.45) is 0 Å². The van der Waals surface area contributed by atoms with E-state index in [9.17, 15) is 14.4 Å². The summed E-state index contributed by atoms with van der Waals surface area (Å²) in [6.07, 6.45) is -1.04. The van der Waals surface area contributed by atoms with Gasteiger partial charge in [-0.2, -0.15) is 4.37 Å². The molecule has 0 unspecified atom stereocenters. The molecule has 2 N–H and O–H groups in total. The van der Waals surface area contributed by atoms with E-state index in [-0.39, 0.29) is 6.54 Å². The molecule has 2 rings (SSSR count). The highest BCUT2D eigenvalue weighted by molar-refractivity contribution is 7.10. The number of urea groups is 1. The molecule has 1 fully saturated rings. The smallest absolute Gasteiger partial charge is 0.343 e. The molecule has 3 amide bonds. The molecular weight excluding hydrogens is 296 g/mol. The lowest BCUT2D eigenvalue weighted by molar-refractivity contribution is -0.136. The standard InChI is InChI=1S/C12H16N4O4S/c1-6-8(9(13-3)21-15-6)11(18)20-7(2)10(17)16-5-4-14-12(16)19/h7,13H,4-5H2,1-3H3,(H,14,19)/t7-/m1/s1. The van der Waals surface area contributed by atoms with Crippen molar-refractivity contribution < 1.29 is 19.1 Å². The first-order valence-electron chi connectivity index (χ1n) is 6.40. The molecule has 8 nitrogen and oxygen atoms in total. The quantitative estimate of drug-likeness (QED) is 0.789. The topological polar surface area (TPSA) is 101 Å². The van der Waals surface area contributed by atoms with Crippen molar-refractivity contribution in [3.05, 3.63) is 11.3 Å². The van der Waals surface area contributed by atoms with Gasteiger partial charge in [-0.3, -0.25) is 9.69 Å². The van der Waals surface area contributed by atoms with Gasteiger partial charge in [0.2, 0.25) is 0 Å². The van der Waals surface area contributed by atoms with E-state index in [1.165, 1.54) is 6.92 Å². The molecule has 1 aromatic rings. The van der Waals surface area contributed by atoms with Gasteiger partial charge in [-0.1, -0.05) is 0 Å². The Morgan fingerprint density at radius 3 is 2.81 bits per heavy atom. The maximum absolute atomic E-state index is 12.2. The number of ether oxygens (including phenoxy) is 1. The third kappa shape index (κ3) is 2.97. The van der Waals surface area contributed by atoms with Gasteiger partial charge in [-0.25, -0.2) is 9.59 Å². The SMILES string of the molecule is CNc1snc(C)c1C(=O)O[C@H](C)C(=O)N1CCNC1=O. The number of aromatic nitrogens is 1. The highest BCUT2D eigenvalue weighted by atomic mass is 32.1. The van der Waals surface area contributed by atoms with Crippen LogP contribution >= 0.6 is 11.5 Å². The number of nitrogens with zero attached hydrogens (tertiary/aromatic N) is 2. The van der Waals surface area contributed by atoms with Crippen LogP contribution in [0.5, 0.6) is 0 Å². The van der Waals surface area contributed by atoms with Crippen LogP contribution < -0.4 is 10.6 Å². The van der Waals surface area contributed by atoms with E-state index in [1.807, 2.05) is 0 Å². The number of rotatable bonds is 4. The lowest BCUT2D eigenvalue weighted by Gasteiger charge is -2.18. The number of nitrogens with one attached hydrogen (secondary N) is 2. The van der Waals surface area contributed by atoms with E-state index in [0.29, 0.717) is 22.8 Å². The molecule has 9 heteroatoms. The van der Waals surface area contributed by atoms with Crippen LogP contribution in [-0.2, 0) is 9.53 Å². The average molecular weight is 312 g/mol. The third-order valence-corrected chi connectivity index (χ3v) is 4.00. The Morgan fingerprint density at radius 1 is 1.52 bits per heavy atom. The molecule has 2 heterocycles. The second kappa shape index (κ2) is 6.08. The second-order valence-electron chi connectivity index (χ2n) is 4.49. The molecule has 114 valence electrons. The van der Waals surface area contributed by atoms with E-state index in [1.54, 1.807) is 14.0 Å².